The van der Waals surface area contributed by atoms with Gasteiger partial charge in [-0.15, -0.1) is 0 Å². The first kappa shape index (κ1) is 10.8. The maximum absolute atomic E-state index is 11.7. The van der Waals surface area contributed by atoms with E-state index < -0.39 is 12.6 Å². The lowest BCUT2D eigenvalue weighted by Crippen LogP contribution is -2.24. The molecule has 78 valence electrons. The van der Waals surface area contributed by atoms with Gasteiger partial charge in [-0.25, -0.2) is 0 Å². The summed E-state index contributed by atoms with van der Waals surface area (Å²) in [5, 5.41) is 2.84. The van der Waals surface area contributed by atoms with Crippen LogP contribution in [0, 0.1) is 11.3 Å². The van der Waals surface area contributed by atoms with E-state index >= 15 is 0 Å². The summed E-state index contributed by atoms with van der Waals surface area (Å²) in [6.45, 7) is 5.06. The monoisotopic (exact) mass is 195 g/mol. The van der Waals surface area contributed by atoms with Crippen molar-refractivity contribution in [3.05, 3.63) is 0 Å². The Morgan fingerprint density at radius 1 is 1.38 bits per heavy atom. The number of rotatable bonds is 4. The zero-order valence-corrected chi connectivity index (χ0v) is 8.04. The molecule has 0 heterocycles. The first-order valence-electron chi connectivity index (χ1n) is 4.59. The third-order valence-electron chi connectivity index (χ3n) is 2.69. The average molecular weight is 195 g/mol. The quantitative estimate of drug-likeness (QED) is 0.680. The van der Waals surface area contributed by atoms with E-state index in [0.29, 0.717) is 11.3 Å². The highest BCUT2D eigenvalue weighted by atomic mass is 19.4. The minimum atomic E-state index is -4.02. The molecule has 0 amide bonds. The normalized spacial score (nSPS) is 26.1. The molecule has 0 bridgehead atoms. The Bertz CT molecular complexity index is 174. The van der Waals surface area contributed by atoms with Crippen molar-refractivity contribution in [3.8, 4) is 0 Å². The van der Waals surface area contributed by atoms with E-state index in [0.717, 1.165) is 13.0 Å². The highest BCUT2D eigenvalue weighted by Crippen LogP contribution is 2.50. The second-order valence-corrected chi connectivity index (χ2v) is 4.46. The average Bonchev–Trinajstić information content (AvgIpc) is 2.50. The van der Waals surface area contributed by atoms with Crippen LogP contribution in [0.5, 0.6) is 0 Å². The molecule has 13 heavy (non-hydrogen) atoms. The van der Waals surface area contributed by atoms with Crippen LogP contribution >= 0.6 is 0 Å². The Morgan fingerprint density at radius 3 is 2.31 bits per heavy atom. The van der Waals surface area contributed by atoms with Crippen molar-refractivity contribution in [1.82, 2.24) is 5.32 Å². The lowest BCUT2D eigenvalue weighted by Gasteiger charge is -2.08. The molecular formula is C9H16F3N. The van der Waals surface area contributed by atoms with Crippen LogP contribution in [0.2, 0.25) is 0 Å². The van der Waals surface area contributed by atoms with Crippen molar-refractivity contribution in [1.29, 1.82) is 0 Å². The van der Waals surface area contributed by atoms with Crippen molar-refractivity contribution >= 4 is 0 Å². The van der Waals surface area contributed by atoms with Crippen LogP contribution in [0.25, 0.3) is 0 Å². The Kier molecular flexibility index (Phi) is 2.90. The van der Waals surface area contributed by atoms with Crippen LogP contribution in [0.15, 0.2) is 0 Å². The van der Waals surface area contributed by atoms with E-state index in [1.54, 1.807) is 0 Å². The van der Waals surface area contributed by atoms with Crippen molar-refractivity contribution < 1.29 is 13.2 Å². The summed E-state index contributed by atoms with van der Waals surface area (Å²) in [6.07, 6.45) is -3.61. The van der Waals surface area contributed by atoms with Crippen molar-refractivity contribution in [3.63, 3.8) is 0 Å². The van der Waals surface area contributed by atoms with Gasteiger partial charge in [-0.05, 0) is 24.3 Å². The van der Waals surface area contributed by atoms with Gasteiger partial charge in [-0.1, -0.05) is 13.8 Å². The molecule has 0 aromatic carbocycles. The molecule has 0 aliphatic heterocycles. The first-order chi connectivity index (χ1) is 5.81. The Labute approximate surface area is 76.7 Å². The van der Waals surface area contributed by atoms with Crippen molar-refractivity contribution in [2.75, 3.05) is 13.1 Å². The van der Waals surface area contributed by atoms with Gasteiger partial charge in [0.05, 0.1) is 6.42 Å². The second-order valence-electron chi connectivity index (χ2n) is 4.46. The van der Waals surface area contributed by atoms with Gasteiger partial charge in [0.25, 0.3) is 0 Å². The van der Waals surface area contributed by atoms with Gasteiger partial charge < -0.3 is 5.32 Å². The zero-order chi connectivity index (χ0) is 10.1. The number of hydrogen-bond acceptors (Lipinski definition) is 1. The van der Waals surface area contributed by atoms with E-state index in [9.17, 15) is 13.2 Å². The van der Waals surface area contributed by atoms with E-state index in [1.807, 2.05) is 0 Å². The third kappa shape index (κ3) is 3.98. The van der Waals surface area contributed by atoms with Crippen LogP contribution < -0.4 is 5.32 Å². The predicted molar refractivity (Wildman–Crippen MR) is 45.4 cm³/mol. The van der Waals surface area contributed by atoms with E-state index in [4.69, 9.17) is 0 Å². The molecule has 1 aliphatic carbocycles. The molecule has 0 aromatic rings. The Morgan fingerprint density at radius 2 is 1.92 bits per heavy atom. The van der Waals surface area contributed by atoms with Gasteiger partial charge in [0, 0.05) is 6.54 Å². The Balaban J connectivity index is 1.97. The first-order valence-corrected chi connectivity index (χ1v) is 4.59. The molecule has 0 saturated heterocycles. The van der Waals surface area contributed by atoms with Gasteiger partial charge in [0.2, 0.25) is 0 Å². The summed E-state index contributed by atoms with van der Waals surface area (Å²) in [5.74, 6) is 0.570. The third-order valence-corrected chi connectivity index (χ3v) is 2.69. The topological polar surface area (TPSA) is 12.0 Å². The standard InChI is InChI=1S/C9H16F3N/c1-8(2)5-7(8)6-13-4-3-9(10,11)12/h7,13H,3-6H2,1-2H3. The van der Waals surface area contributed by atoms with Crippen molar-refractivity contribution in [2.24, 2.45) is 11.3 Å². The summed E-state index contributed by atoms with van der Waals surface area (Å²) < 4.78 is 35.1. The Hall–Kier alpha value is -0.250. The number of alkyl halides is 3. The molecule has 0 spiro atoms. The predicted octanol–water partition coefficient (Wildman–Crippen LogP) is 2.57. The van der Waals surface area contributed by atoms with E-state index in [1.165, 1.54) is 0 Å². The summed E-state index contributed by atoms with van der Waals surface area (Å²) >= 11 is 0. The van der Waals surface area contributed by atoms with Gasteiger partial charge in [0.1, 0.15) is 0 Å². The second kappa shape index (κ2) is 3.48. The van der Waals surface area contributed by atoms with Crippen LogP contribution in [0.4, 0.5) is 13.2 Å². The van der Waals surface area contributed by atoms with Crippen LogP contribution in [0.1, 0.15) is 26.7 Å². The lowest BCUT2D eigenvalue weighted by atomic mass is 10.1. The highest BCUT2D eigenvalue weighted by Gasteiger charge is 2.44. The van der Waals surface area contributed by atoms with Crippen molar-refractivity contribution in [2.45, 2.75) is 32.9 Å². The maximum Gasteiger partial charge on any atom is 0.390 e. The van der Waals surface area contributed by atoms with Gasteiger partial charge in [0.15, 0.2) is 0 Å². The number of halogens is 3. The minimum Gasteiger partial charge on any atom is -0.316 e. The van der Waals surface area contributed by atoms with Crippen LogP contribution in [0.3, 0.4) is 0 Å². The van der Waals surface area contributed by atoms with Gasteiger partial charge in [-0.2, -0.15) is 13.2 Å². The molecule has 1 N–H and O–H groups in total. The molecule has 1 nitrogen and oxygen atoms in total. The largest absolute Gasteiger partial charge is 0.390 e. The van der Waals surface area contributed by atoms with Gasteiger partial charge in [-0.3, -0.25) is 0 Å². The smallest absolute Gasteiger partial charge is 0.316 e. The fraction of sp³-hybridized carbons (Fsp3) is 1.00. The molecule has 1 rings (SSSR count). The molecule has 1 aliphatic rings. The SMILES string of the molecule is CC1(C)CC1CNCCC(F)(F)F. The highest BCUT2D eigenvalue weighted by molar-refractivity contribution is 4.95. The molecule has 1 fully saturated rings. The van der Waals surface area contributed by atoms with Gasteiger partial charge >= 0.3 is 6.18 Å². The zero-order valence-electron chi connectivity index (χ0n) is 8.04. The van der Waals surface area contributed by atoms with Crippen LogP contribution in [-0.2, 0) is 0 Å². The molecule has 4 heteroatoms. The summed E-state index contributed by atoms with van der Waals surface area (Å²) in [5.41, 5.74) is 0.352. The molecule has 1 atom stereocenters. The fourth-order valence-corrected chi connectivity index (χ4v) is 1.43. The molecule has 0 radical (unpaired) electrons. The summed E-state index contributed by atoms with van der Waals surface area (Å²) in [4.78, 5) is 0. The summed E-state index contributed by atoms with van der Waals surface area (Å²) in [7, 11) is 0. The lowest BCUT2D eigenvalue weighted by molar-refractivity contribution is -0.133. The maximum atomic E-state index is 11.7. The minimum absolute atomic E-state index is 0.0517. The van der Waals surface area contributed by atoms with E-state index in [2.05, 4.69) is 19.2 Å². The molecule has 1 unspecified atom stereocenters. The number of nitrogens with one attached hydrogen (secondary N) is 1. The molecule has 1 saturated carbocycles. The molecular weight excluding hydrogens is 179 g/mol. The molecule has 0 aromatic heterocycles. The number of hydrogen-bond donors (Lipinski definition) is 1. The summed E-state index contributed by atoms with van der Waals surface area (Å²) in [6, 6.07) is 0. The fourth-order valence-electron chi connectivity index (χ4n) is 1.43. The van der Waals surface area contributed by atoms with E-state index in [-0.39, 0.29) is 6.54 Å². The van der Waals surface area contributed by atoms with Crippen LogP contribution in [-0.4, -0.2) is 19.3 Å².